The van der Waals surface area contributed by atoms with Crippen molar-refractivity contribution < 1.29 is 4.79 Å². The van der Waals surface area contributed by atoms with Crippen LogP contribution in [-0.2, 0) is 4.79 Å². The number of rotatable bonds is 0. The van der Waals surface area contributed by atoms with Crippen LogP contribution in [0.1, 0.15) is 25.7 Å². The molecule has 0 aromatic carbocycles. The third-order valence-electron chi connectivity index (χ3n) is 6.11. The Balaban J connectivity index is 1.62. The van der Waals surface area contributed by atoms with E-state index in [0.29, 0.717) is 6.04 Å². The largest absolute Gasteiger partial charge is 0.346 e. The maximum Gasteiger partial charge on any atom is 0.244 e. The highest BCUT2D eigenvalue weighted by Crippen LogP contribution is 2.55. The molecule has 2 heterocycles. The Bertz CT molecular complexity index is 586. The molecule has 2 saturated carbocycles. The highest BCUT2D eigenvalue weighted by atomic mass is 16.1. The summed E-state index contributed by atoms with van der Waals surface area (Å²) in [6.07, 6.45) is 11.4. The monoisotopic (exact) mass is 268 g/mol. The molecule has 2 fully saturated rings. The van der Waals surface area contributed by atoms with Crippen LogP contribution in [0.25, 0.3) is 0 Å². The summed E-state index contributed by atoms with van der Waals surface area (Å²) < 4.78 is 0. The Morgan fingerprint density at radius 1 is 1.10 bits per heavy atom. The molecule has 0 aromatic heterocycles. The van der Waals surface area contributed by atoms with Crippen LogP contribution >= 0.6 is 0 Å². The smallest absolute Gasteiger partial charge is 0.244 e. The van der Waals surface area contributed by atoms with Crippen molar-refractivity contribution in [2.75, 3.05) is 6.54 Å². The average molecular weight is 268 g/mol. The molecule has 0 radical (unpaired) electrons. The molecule has 5 unspecified atom stereocenters. The molecule has 0 saturated heterocycles. The van der Waals surface area contributed by atoms with E-state index in [2.05, 4.69) is 16.7 Å². The van der Waals surface area contributed by atoms with Crippen LogP contribution in [0.5, 0.6) is 0 Å². The lowest BCUT2D eigenvalue weighted by Gasteiger charge is -2.41. The Morgan fingerprint density at radius 2 is 2.05 bits per heavy atom. The van der Waals surface area contributed by atoms with E-state index in [1.807, 2.05) is 6.08 Å². The third-order valence-corrected chi connectivity index (χ3v) is 6.11. The SMILES string of the molecule is O=C1C=CC2=CC3=C4C5CCC(C5)C4CNC3CC2N1. The second kappa shape index (κ2) is 3.85. The molecular weight excluding hydrogens is 248 g/mol. The minimum Gasteiger partial charge on any atom is -0.346 e. The Morgan fingerprint density at radius 3 is 3.00 bits per heavy atom. The molecule has 0 spiro atoms. The third kappa shape index (κ3) is 1.42. The molecule has 3 heteroatoms. The fourth-order valence-electron chi connectivity index (χ4n) is 5.27. The summed E-state index contributed by atoms with van der Waals surface area (Å²) in [7, 11) is 0. The number of carbonyl (C=O) groups excluding carboxylic acids is 1. The van der Waals surface area contributed by atoms with Crippen LogP contribution < -0.4 is 10.6 Å². The summed E-state index contributed by atoms with van der Waals surface area (Å²) in [5, 5.41) is 6.84. The first-order valence-electron chi connectivity index (χ1n) is 7.97. The number of hydrogen-bond donors (Lipinski definition) is 2. The van der Waals surface area contributed by atoms with Gasteiger partial charge < -0.3 is 10.6 Å². The van der Waals surface area contributed by atoms with E-state index in [-0.39, 0.29) is 11.9 Å². The molecule has 5 atom stereocenters. The first-order valence-corrected chi connectivity index (χ1v) is 7.97. The van der Waals surface area contributed by atoms with E-state index in [1.165, 1.54) is 24.8 Å². The van der Waals surface area contributed by atoms with Crippen molar-refractivity contribution in [3.05, 3.63) is 34.9 Å². The summed E-state index contributed by atoms with van der Waals surface area (Å²) in [6, 6.07) is 0.672. The molecule has 2 bridgehead atoms. The van der Waals surface area contributed by atoms with Crippen LogP contribution in [0.4, 0.5) is 0 Å². The van der Waals surface area contributed by atoms with Gasteiger partial charge in [-0.3, -0.25) is 4.79 Å². The molecule has 20 heavy (non-hydrogen) atoms. The zero-order valence-corrected chi connectivity index (χ0v) is 11.6. The second-order valence-corrected chi connectivity index (χ2v) is 7.02. The lowest BCUT2D eigenvalue weighted by molar-refractivity contribution is -0.117. The van der Waals surface area contributed by atoms with Gasteiger partial charge in [0.05, 0.1) is 6.04 Å². The van der Waals surface area contributed by atoms with Gasteiger partial charge in [0.1, 0.15) is 0 Å². The van der Waals surface area contributed by atoms with Crippen LogP contribution in [0.2, 0.25) is 0 Å². The molecular formula is C17H20N2O. The van der Waals surface area contributed by atoms with Gasteiger partial charge in [0, 0.05) is 18.7 Å². The van der Waals surface area contributed by atoms with Gasteiger partial charge in [-0.25, -0.2) is 0 Å². The number of carbonyl (C=O) groups is 1. The first-order chi connectivity index (χ1) is 9.79. The van der Waals surface area contributed by atoms with E-state index in [9.17, 15) is 4.79 Å². The van der Waals surface area contributed by atoms with Crippen LogP contribution in [0, 0.1) is 17.8 Å². The minimum absolute atomic E-state index is 0.0527. The fourth-order valence-corrected chi connectivity index (χ4v) is 5.27. The predicted molar refractivity (Wildman–Crippen MR) is 76.9 cm³/mol. The Kier molecular flexibility index (Phi) is 2.18. The summed E-state index contributed by atoms with van der Waals surface area (Å²) in [6.45, 7) is 1.16. The zero-order chi connectivity index (χ0) is 13.3. The van der Waals surface area contributed by atoms with Crippen molar-refractivity contribution in [2.45, 2.75) is 37.8 Å². The molecule has 3 nitrogen and oxygen atoms in total. The minimum atomic E-state index is 0.0527. The van der Waals surface area contributed by atoms with Crippen LogP contribution in [-0.4, -0.2) is 24.5 Å². The lowest BCUT2D eigenvalue weighted by atomic mass is 9.73. The summed E-state index contributed by atoms with van der Waals surface area (Å²) in [5.41, 5.74) is 4.65. The summed E-state index contributed by atoms with van der Waals surface area (Å²) in [4.78, 5) is 11.5. The van der Waals surface area contributed by atoms with Crippen LogP contribution in [0.15, 0.2) is 34.9 Å². The lowest BCUT2D eigenvalue weighted by Crippen LogP contribution is -2.50. The second-order valence-electron chi connectivity index (χ2n) is 7.02. The van der Waals surface area contributed by atoms with E-state index < -0.39 is 0 Å². The van der Waals surface area contributed by atoms with Crippen LogP contribution in [0.3, 0.4) is 0 Å². The zero-order valence-electron chi connectivity index (χ0n) is 11.6. The van der Waals surface area contributed by atoms with Crippen molar-refractivity contribution in [1.29, 1.82) is 0 Å². The number of nitrogens with one attached hydrogen (secondary N) is 2. The van der Waals surface area contributed by atoms with Crippen molar-refractivity contribution >= 4 is 5.91 Å². The quantitative estimate of drug-likeness (QED) is 0.702. The molecule has 5 rings (SSSR count). The van der Waals surface area contributed by atoms with Crippen molar-refractivity contribution in [3.63, 3.8) is 0 Å². The van der Waals surface area contributed by atoms with Gasteiger partial charge in [0.15, 0.2) is 0 Å². The molecule has 0 aromatic rings. The maximum atomic E-state index is 11.5. The standard InChI is InChI=1S/C17H20N2O/c20-16-4-3-10-6-12-15(7-14(10)19-16)18-8-13-9-1-2-11(5-9)17(12)13/h3-4,6,9,11,13-15,18H,1-2,5,7-8H2,(H,19,20). The van der Waals surface area contributed by atoms with E-state index in [1.54, 1.807) is 17.2 Å². The van der Waals surface area contributed by atoms with Gasteiger partial charge in [-0.05, 0) is 54.6 Å². The van der Waals surface area contributed by atoms with Crippen molar-refractivity contribution in [3.8, 4) is 0 Å². The van der Waals surface area contributed by atoms with Gasteiger partial charge in [0.25, 0.3) is 0 Å². The van der Waals surface area contributed by atoms with Gasteiger partial charge in [-0.15, -0.1) is 0 Å². The molecule has 2 aliphatic heterocycles. The van der Waals surface area contributed by atoms with E-state index >= 15 is 0 Å². The Labute approximate surface area is 119 Å². The molecule has 2 N–H and O–H groups in total. The topological polar surface area (TPSA) is 41.1 Å². The summed E-state index contributed by atoms with van der Waals surface area (Å²) >= 11 is 0. The normalized spacial score (nSPS) is 44.7. The predicted octanol–water partition coefficient (Wildman–Crippen LogP) is 1.69. The summed E-state index contributed by atoms with van der Waals surface area (Å²) in [5.74, 6) is 2.65. The number of hydrogen-bond acceptors (Lipinski definition) is 2. The highest BCUT2D eigenvalue weighted by molar-refractivity contribution is 5.90. The van der Waals surface area contributed by atoms with E-state index in [0.717, 1.165) is 30.7 Å². The highest BCUT2D eigenvalue weighted by Gasteiger charge is 2.48. The van der Waals surface area contributed by atoms with Gasteiger partial charge in [0.2, 0.25) is 5.91 Å². The number of fused-ring (bicyclic) bond motifs is 7. The fraction of sp³-hybridized carbons (Fsp3) is 0.588. The van der Waals surface area contributed by atoms with Crippen molar-refractivity contribution in [1.82, 2.24) is 10.6 Å². The van der Waals surface area contributed by atoms with E-state index in [4.69, 9.17) is 0 Å². The molecule has 5 aliphatic rings. The number of amides is 1. The van der Waals surface area contributed by atoms with Gasteiger partial charge in [-0.2, -0.15) is 0 Å². The van der Waals surface area contributed by atoms with Gasteiger partial charge >= 0.3 is 0 Å². The molecule has 104 valence electrons. The van der Waals surface area contributed by atoms with Gasteiger partial charge in [-0.1, -0.05) is 17.7 Å². The van der Waals surface area contributed by atoms with Crippen molar-refractivity contribution in [2.24, 2.45) is 17.8 Å². The first kappa shape index (κ1) is 11.3. The molecule has 3 aliphatic carbocycles. The average Bonchev–Trinajstić information content (AvgIpc) is 3.06. The molecule has 1 amide bonds. The maximum absolute atomic E-state index is 11.5. The Hall–Kier alpha value is -1.35.